The summed E-state index contributed by atoms with van der Waals surface area (Å²) < 4.78 is 0. The van der Waals surface area contributed by atoms with Gasteiger partial charge in [-0.25, -0.2) is 0 Å². The van der Waals surface area contributed by atoms with Crippen molar-refractivity contribution in [1.29, 1.82) is 5.26 Å². The lowest BCUT2D eigenvalue weighted by Crippen LogP contribution is -2.29. The van der Waals surface area contributed by atoms with Crippen LogP contribution >= 0.6 is 11.6 Å². The Morgan fingerprint density at radius 1 is 1.70 bits per heavy atom. The molecule has 0 aliphatic carbocycles. The van der Waals surface area contributed by atoms with Gasteiger partial charge in [-0.05, 0) is 13.3 Å². The molecule has 1 atom stereocenters. The first-order chi connectivity index (χ1) is 4.76. The van der Waals surface area contributed by atoms with Gasteiger partial charge in [-0.1, -0.05) is 6.92 Å². The van der Waals surface area contributed by atoms with E-state index in [-0.39, 0.29) is 0 Å². The maximum Gasteiger partial charge on any atom is 0.179 e. The zero-order chi connectivity index (χ0) is 7.98. The first-order valence-corrected chi connectivity index (χ1v) is 4.02. The molecule has 3 heteroatoms. The lowest BCUT2D eigenvalue weighted by atomic mass is 10.2. The molecule has 0 fully saturated rings. The summed E-state index contributed by atoms with van der Waals surface area (Å²) in [7, 11) is 0. The van der Waals surface area contributed by atoms with Gasteiger partial charge in [0.15, 0.2) is 6.19 Å². The molecule has 10 heavy (non-hydrogen) atoms. The molecule has 0 aromatic heterocycles. The van der Waals surface area contributed by atoms with E-state index in [0.717, 1.165) is 6.42 Å². The molecule has 0 heterocycles. The molecule has 0 saturated carbocycles. The van der Waals surface area contributed by atoms with E-state index >= 15 is 0 Å². The molecule has 0 saturated heterocycles. The van der Waals surface area contributed by atoms with Crippen LogP contribution < -0.4 is 0 Å². The Morgan fingerprint density at radius 3 is 2.60 bits per heavy atom. The number of alkyl halides is 1. The first-order valence-electron chi connectivity index (χ1n) is 3.48. The van der Waals surface area contributed by atoms with E-state index in [1.165, 1.54) is 0 Å². The highest BCUT2D eigenvalue weighted by atomic mass is 35.5. The van der Waals surface area contributed by atoms with Crippen molar-refractivity contribution in [1.82, 2.24) is 4.90 Å². The highest BCUT2D eigenvalue weighted by Gasteiger charge is 2.07. The highest BCUT2D eigenvalue weighted by molar-refractivity contribution is 6.18. The summed E-state index contributed by atoms with van der Waals surface area (Å²) in [4.78, 5) is 1.70. The third-order valence-electron chi connectivity index (χ3n) is 1.58. The lowest BCUT2D eigenvalue weighted by molar-refractivity contribution is 0.316. The second kappa shape index (κ2) is 5.37. The quantitative estimate of drug-likeness (QED) is 0.356. The maximum absolute atomic E-state index is 8.58. The predicted octanol–water partition coefficient (Wildman–Crippen LogP) is 1.81. The molecule has 0 aromatic carbocycles. The van der Waals surface area contributed by atoms with Crippen molar-refractivity contribution in [3.8, 4) is 6.19 Å². The Labute approximate surface area is 67.4 Å². The Hall–Kier alpha value is -0.420. The van der Waals surface area contributed by atoms with E-state index in [9.17, 15) is 0 Å². The minimum Gasteiger partial charge on any atom is -0.307 e. The highest BCUT2D eigenvalue weighted by Crippen LogP contribution is 2.00. The molecule has 1 unspecified atom stereocenters. The Bertz CT molecular complexity index is 119. The van der Waals surface area contributed by atoms with Gasteiger partial charge in [0.25, 0.3) is 0 Å². The van der Waals surface area contributed by atoms with Crippen LogP contribution in [0.4, 0.5) is 0 Å². The fourth-order valence-corrected chi connectivity index (χ4v) is 0.862. The van der Waals surface area contributed by atoms with Crippen LogP contribution in [-0.4, -0.2) is 23.4 Å². The van der Waals surface area contributed by atoms with Crippen LogP contribution in [0, 0.1) is 11.5 Å². The Balaban J connectivity index is 3.71. The standard InChI is InChI=1S/C7H13ClN2/c1-3-7(2)10(6-9)5-4-8/h7H,3-5H2,1-2H3. The van der Waals surface area contributed by atoms with Crippen molar-refractivity contribution in [3.05, 3.63) is 0 Å². The minimum absolute atomic E-state index is 0.323. The molecule has 0 N–H and O–H groups in total. The molecule has 0 aromatic rings. The van der Waals surface area contributed by atoms with E-state index in [0.29, 0.717) is 18.5 Å². The predicted molar refractivity (Wildman–Crippen MR) is 42.8 cm³/mol. The minimum atomic E-state index is 0.323. The summed E-state index contributed by atoms with van der Waals surface area (Å²) in [5.41, 5.74) is 0. The molecule has 2 nitrogen and oxygen atoms in total. The van der Waals surface area contributed by atoms with Crippen LogP contribution in [0.15, 0.2) is 0 Å². The normalized spacial score (nSPS) is 12.2. The van der Waals surface area contributed by atoms with Gasteiger partial charge in [0, 0.05) is 18.5 Å². The van der Waals surface area contributed by atoms with Gasteiger partial charge in [-0.2, -0.15) is 5.26 Å². The zero-order valence-electron chi connectivity index (χ0n) is 6.47. The molecule has 58 valence electrons. The van der Waals surface area contributed by atoms with Gasteiger partial charge in [0.2, 0.25) is 0 Å². The molecular weight excluding hydrogens is 148 g/mol. The largest absolute Gasteiger partial charge is 0.307 e. The fraction of sp³-hybridized carbons (Fsp3) is 0.857. The smallest absolute Gasteiger partial charge is 0.179 e. The topological polar surface area (TPSA) is 27.0 Å². The number of nitrogens with zero attached hydrogens (tertiary/aromatic N) is 2. The van der Waals surface area contributed by atoms with Crippen LogP contribution in [0.1, 0.15) is 20.3 Å². The number of rotatable bonds is 4. The summed E-state index contributed by atoms with van der Waals surface area (Å²) in [6, 6.07) is 0.323. The van der Waals surface area contributed by atoms with Crippen molar-refractivity contribution in [2.24, 2.45) is 0 Å². The molecule has 0 amide bonds. The number of nitriles is 1. The van der Waals surface area contributed by atoms with Crippen molar-refractivity contribution in [2.45, 2.75) is 26.3 Å². The van der Waals surface area contributed by atoms with Gasteiger partial charge in [-0.3, -0.25) is 0 Å². The second-order valence-electron chi connectivity index (χ2n) is 2.24. The third kappa shape index (κ3) is 2.93. The van der Waals surface area contributed by atoms with Gasteiger partial charge in [0.05, 0.1) is 0 Å². The molecule has 0 bridgehead atoms. The molecule has 0 spiro atoms. The van der Waals surface area contributed by atoms with E-state index in [1.54, 1.807) is 4.90 Å². The molecule has 0 rings (SSSR count). The first kappa shape index (κ1) is 9.58. The van der Waals surface area contributed by atoms with Gasteiger partial charge in [0.1, 0.15) is 0 Å². The van der Waals surface area contributed by atoms with Crippen LogP contribution in [0.3, 0.4) is 0 Å². The van der Waals surface area contributed by atoms with Gasteiger partial charge >= 0.3 is 0 Å². The Kier molecular flexibility index (Phi) is 5.15. The summed E-state index contributed by atoms with van der Waals surface area (Å²) in [6.45, 7) is 4.74. The van der Waals surface area contributed by atoms with Crippen LogP contribution in [0.5, 0.6) is 0 Å². The third-order valence-corrected chi connectivity index (χ3v) is 1.75. The average Bonchev–Trinajstić information content (AvgIpc) is 1.99. The van der Waals surface area contributed by atoms with Gasteiger partial charge < -0.3 is 4.90 Å². The maximum atomic E-state index is 8.58. The lowest BCUT2D eigenvalue weighted by Gasteiger charge is -2.20. The van der Waals surface area contributed by atoms with Crippen molar-refractivity contribution in [2.75, 3.05) is 12.4 Å². The number of hydrogen-bond donors (Lipinski definition) is 0. The summed E-state index contributed by atoms with van der Waals surface area (Å²) in [5, 5.41) is 8.58. The van der Waals surface area contributed by atoms with Crippen molar-refractivity contribution in [3.63, 3.8) is 0 Å². The van der Waals surface area contributed by atoms with E-state index in [2.05, 4.69) is 13.1 Å². The average molecular weight is 161 g/mol. The summed E-state index contributed by atoms with van der Waals surface area (Å²) >= 11 is 5.48. The molecular formula is C7H13ClN2. The SMILES string of the molecule is CCC(C)N(C#N)CCCl. The molecule has 0 aliphatic rings. The van der Waals surface area contributed by atoms with Crippen molar-refractivity contribution >= 4 is 11.6 Å². The van der Waals surface area contributed by atoms with E-state index in [1.807, 2.05) is 6.92 Å². The van der Waals surface area contributed by atoms with Crippen molar-refractivity contribution < 1.29 is 0 Å². The second-order valence-corrected chi connectivity index (χ2v) is 2.62. The summed E-state index contributed by atoms with van der Waals surface area (Å²) in [6.07, 6.45) is 3.09. The molecule has 0 radical (unpaired) electrons. The monoisotopic (exact) mass is 160 g/mol. The molecule has 0 aliphatic heterocycles. The number of halogens is 1. The zero-order valence-corrected chi connectivity index (χ0v) is 7.23. The number of hydrogen-bond acceptors (Lipinski definition) is 2. The Morgan fingerprint density at radius 2 is 2.30 bits per heavy atom. The van der Waals surface area contributed by atoms with Crippen LogP contribution in [-0.2, 0) is 0 Å². The van der Waals surface area contributed by atoms with Crippen LogP contribution in [0.25, 0.3) is 0 Å². The van der Waals surface area contributed by atoms with E-state index in [4.69, 9.17) is 16.9 Å². The van der Waals surface area contributed by atoms with E-state index < -0.39 is 0 Å². The van der Waals surface area contributed by atoms with Crippen LogP contribution in [0.2, 0.25) is 0 Å². The van der Waals surface area contributed by atoms with Gasteiger partial charge in [-0.15, -0.1) is 11.6 Å². The fourth-order valence-electron chi connectivity index (χ4n) is 0.680. The summed E-state index contributed by atoms with van der Waals surface area (Å²) in [5.74, 6) is 0.526.